The molecule has 1 N–H and O–H groups in total. The van der Waals surface area contributed by atoms with Crippen LogP contribution >= 0.6 is 0 Å². The van der Waals surface area contributed by atoms with Gasteiger partial charge in [0.25, 0.3) is 0 Å². The van der Waals surface area contributed by atoms with E-state index >= 15 is 0 Å². The van der Waals surface area contributed by atoms with Crippen molar-refractivity contribution in [1.82, 2.24) is 24.7 Å². The first kappa shape index (κ1) is 25.4. The normalized spacial score (nSPS) is 26.0. The number of carbonyl (C=O) groups excluding carboxylic acids is 2. The predicted octanol–water partition coefficient (Wildman–Crippen LogP) is 3.73. The van der Waals surface area contributed by atoms with E-state index in [4.69, 9.17) is 4.74 Å². The molecule has 0 unspecified atom stereocenters. The lowest BCUT2D eigenvalue weighted by Gasteiger charge is -2.51. The highest BCUT2D eigenvalue weighted by Crippen LogP contribution is 2.49. The number of carbonyl (C=O) groups is 2. The molecule has 1 spiro atoms. The SMILES string of the molecule is COc1ncc(NC(=O)CN2CC3(CCC(c4ccccc4)(N(C)C)CC3)N(CC3CCC3)C2=O)cn1. The second kappa shape index (κ2) is 10.3. The van der Waals surface area contributed by atoms with Crippen LogP contribution in [0.1, 0.15) is 50.5 Å². The largest absolute Gasteiger partial charge is 0.467 e. The number of benzene rings is 1. The van der Waals surface area contributed by atoms with Crippen molar-refractivity contribution in [3.05, 3.63) is 48.3 Å². The molecule has 1 aromatic carbocycles. The summed E-state index contributed by atoms with van der Waals surface area (Å²) in [5.74, 6) is 0.325. The van der Waals surface area contributed by atoms with Crippen LogP contribution in [-0.2, 0) is 10.3 Å². The van der Waals surface area contributed by atoms with Crippen LogP contribution in [0, 0.1) is 5.92 Å². The Hall–Kier alpha value is -3.20. The number of hydrogen-bond acceptors (Lipinski definition) is 6. The van der Waals surface area contributed by atoms with Gasteiger partial charge in [0, 0.05) is 18.6 Å². The summed E-state index contributed by atoms with van der Waals surface area (Å²) in [6.45, 7) is 1.40. The van der Waals surface area contributed by atoms with E-state index in [0.29, 0.717) is 18.2 Å². The summed E-state index contributed by atoms with van der Waals surface area (Å²) in [7, 11) is 5.82. The Balaban J connectivity index is 1.32. The topological polar surface area (TPSA) is 90.9 Å². The van der Waals surface area contributed by atoms with Crippen molar-refractivity contribution in [2.45, 2.75) is 56.0 Å². The second-order valence-electron chi connectivity index (χ2n) is 11.1. The van der Waals surface area contributed by atoms with Crippen LogP contribution in [-0.4, -0.2) is 83.0 Å². The fourth-order valence-electron chi connectivity index (χ4n) is 6.37. The van der Waals surface area contributed by atoms with Gasteiger partial charge >= 0.3 is 12.0 Å². The van der Waals surface area contributed by atoms with E-state index in [9.17, 15) is 9.59 Å². The molecular formula is C28H38N6O3. The fraction of sp³-hybridized carbons (Fsp3) is 0.571. The minimum Gasteiger partial charge on any atom is -0.467 e. The zero-order valence-electron chi connectivity index (χ0n) is 22.2. The molecule has 0 bridgehead atoms. The molecule has 1 aliphatic heterocycles. The van der Waals surface area contributed by atoms with Crippen LogP contribution in [0.25, 0.3) is 0 Å². The fourth-order valence-corrected chi connectivity index (χ4v) is 6.37. The number of nitrogens with one attached hydrogen (secondary N) is 1. The molecule has 2 aromatic rings. The predicted molar refractivity (Wildman–Crippen MR) is 141 cm³/mol. The average molecular weight is 507 g/mol. The maximum absolute atomic E-state index is 13.7. The number of amides is 3. The molecule has 3 aliphatic rings. The Bertz CT molecular complexity index is 1090. The molecule has 3 amide bonds. The van der Waals surface area contributed by atoms with Crippen molar-refractivity contribution in [2.75, 3.05) is 46.2 Å². The van der Waals surface area contributed by atoms with E-state index in [1.165, 1.54) is 44.3 Å². The first-order valence-corrected chi connectivity index (χ1v) is 13.3. The maximum Gasteiger partial charge on any atom is 0.321 e. The zero-order valence-corrected chi connectivity index (χ0v) is 22.2. The minimum atomic E-state index is -0.245. The highest BCUT2D eigenvalue weighted by molar-refractivity contribution is 5.94. The van der Waals surface area contributed by atoms with Crippen LogP contribution in [0.5, 0.6) is 6.01 Å². The van der Waals surface area contributed by atoms with E-state index in [1.54, 1.807) is 4.90 Å². The smallest absolute Gasteiger partial charge is 0.321 e. The molecule has 0 radical (unpaired) electrons. The Kier molecular flexibility index (Phi) is 7.07. The Morgan fingerprint density at radius 1 is 1.11 bits per heavy atom. The molecule has 37 heavy (non-hydrogen) atoms. The number of rotatable bonds is 8. The minimum absolute atomic E-state index is 0.00917. The molecule has 0 atom stereocenters. The van der Waals surface area contributed by atoms with Crippen molar-refractivity contribution >= 4 is 17.6 Å². The molecule has 2 aliphatic carbocycles. The summed E-state index contributed by atoms with van der Waals surface area (Å²) in [4.78, 5) is 40.9. The highest BCUT2D eigenvalue weighted by Gasteiger charge is 2.55. The Morgan fingerprint density at radius 2 is 1.78 bits per heavy atom. The average Bonchev–Trinajstić information content (AvgIpc) is 3.12. The molecule has 2 heterocycles. The third-order valence-corrected chi connectivity index (χ3v) is 8.83. The van der Waals surface area contributed by atoms with Gasteiger partial charge in [-0.1, -0.05) is 36.8 Å². The summed E-state index contributed by atoms with van der Waals surface area (Å²) >= 11 is 0. The highest BCUT2D eigenvalue weighted by atomic mass is 16.5. The summed E-state index contributed by atoms with van der Waals surface area (Å²) in [5.41, 5.74) is 1.54. The Labute approximate surface area is 219 Å². The summed E-state index contributed by atoms with van der Waals surface area (Å²) in [5, 5.41) is 2.82. The lowest BCUT2D eigenvalue weighted by Crippen LogP contribution is -2.56. The van der Waals surface area contributed by atoms with Crippen molar-refractivity contribution in [3.8, 4) is 6.01 Å². The molecular weight excluding hydrogens is 468 g/mol. The molecule has 9 heteroatoms. The summed E-state index contributed by atoms with van der Waals surface area (Å²) < 4.78 is 4.98. The van der Waals surface area contributed by atoms with Crippen molar-refractivity contribution in [3.63, 3.8) is 0 Å². The van der Waals surface area contributed by atoms with Crippen molar-refractivity contribution in [1.29, 1.82) is 0 Å². The van der Waals surface area contributed by atoms with Crippen LogP contribution in [0.15, 0.2) is 42.7 Å². The second-order valence-corrected chi connectivity index (χ2v) is 11.1. The number of ether oxygens (including phenoxy) is 1. The summed E-state index contributed by atoms with van der Waals surface area (Å²) in [6.07, 6.45) is 10.4. The maximum atomic E-state index is 13.7. The van der Waals surface area contributed by atoms with E-state index in [1.807, 2.05) is 0 Å². The molecule has 198 valence electrons. The third-order valence-electron chi connectivity index (χ3n) is 8.83. The number of urea groups is 1. The molecule has 2 saturated carbocycles. The first-order valence-electron chi connectivity index (χ1n) is 13.3. The van der Waals surface area contributed by atoms with Gasteiger partial charge in [-0.15, -0.1) is 0 Å². The van der Waals surface area contributed by atoms with E-state index < -0.39 is 0 Å². The molecule has 3 fully saturated rings. The van der Waals surface area contributed by atoms with Gasteiger partial charge in [0.15, 0.2) is 0 Å². The third kappa shape index (κ3) is 4.89. The van der Waals surface area contributed by atoms with E-state index in [2.05, 4.69) is 69.5 Å². The molecule has 9 nitrogen and oxygen atoms in total. The number of anilines is 1. The molecule has 1 saturated heterocycles. The van der Waals surface area contributed by atoms with Gasteiger partial charge in [0.2, 0.25) is 5.91 Å². The van der Waals surface area contributed by atoms with Gasteiger partial charge in [0.1, 0.15) is 6.54 Å². The monoisotopic (exact) mass is 506 g/mol. The van der Waals surface area contributed by atoms with Crippen molar-refractivity contribution in [2.24, 2.45) is 5.92 Å². The van der Waals surface area contributed by atoms with E-state index in [-0.39, 0.29) is 35.6 Å². The zero-order chi connectivity index (χ0) is 26.0. The number of aromatic nitrogens is 2. The lowest BCUT2D eigenvalue weighted by molar-refractivity contribution is -0.116. The van der Waals surface area contributed by atoms with Crippen LogP contribution in [0.4, 0.5) is 10.5 Å². The number of hydrogen-bond donors (Lipinski definition) is 1. The number of methoxy groups -OCH3 is 1. The van der Waals surface area contributed by atoms with Crippen LogP contribution < -0.4 is 10.1 Å². The van der Waals surface area contributed by atoms with Crippen LogP contribution in [0.3, 0.4) is 0 Å². The molecule has 5 rings (SSSR count). The number of nitrogens with zero attached hydrogens (tertiary/aromatic N) is 5. The quantitative estimate of drug-likeness (QED) is 0.587. The van der Waals surface area contributed by atoms with Gasteiger partial charge in [-0.05, 0) is 64.1 Å². The van der Waals surface area contributed by atoms with Gasteiger partial charge in [-0.2, -0.15) is 0 Å². The first-order chi connectivity index (χ1) is 17.8. The summed E-state index contributed by atoms with van der Waals surface area (Å²) in [6, 6.07) is 11.0. The van der Waals surface area contributed by atoms with E-state index in [0.717, 1.165) is 32.2 Å². The van der Waals surface area contributed by atoms with Gasteiger partial charge < -0.3 is 19.9 Å². The van der Waals surface area contributed by atoms with Crippen LogP contribution in [0.2, 0.25) is 0 Å². The van der Waals surface area contributed by atoms with Gasteiger partial charge in [-0.3, -0.25) is 9.69 Å². The van der Waals surface area contributed by atoms with Gasteiger partial charge in [0.05, 0.1) is 30.7 Å². The van der Waals surface area contributed by atoms with Crippen molar-refractivity contribution < 1.29 is 14.3 Å². The molecule has 1 aromatic heterocycles. The Morgan fingerprint density at radius 3 is 2.35 bits per heavy atom. The standard InChI is InChI=1S/C28H38N6O3/c1-32(2)28(22-10-5-4-6-11-22)14-12-27(13-15-28)20-33(26(36)34(27)18-21-8-7-9-21)19-24(35)31-23-16-29-25(37-3)30-17-23/h4-6,10-11,16-17,21H,7-9,12-15,18-20H2,1-3H3,(H,31,35). The van der Waals surface area contributed by atoms with Gasteiger partial charge in [-0.25, -0.2) is 14.8 Å². The lowest BCUT2D eigenvalue weighted by atomic mass is 9.68.